The Labute approximate surface area is 115 Å². The summed E-state index contributed by atoms with van der Waals surface area (Å²) in [5.41, 5.74) is 2.81. The van der Waals surface area contributed by atoms with Crippen molar-refractivity contribution in [3.8, 4) is 0 Å². The molecule has 2 rings (SSSR count). The molecule has 0 aromatic heterocycles. The Hall–Kier alpha value is -1.37. The molecule has 0 amide bonds. The fourth-order valence-electron chi connectivity index (χ4n) is 2.73. The van der Waals surface area contributed by atoms with Crippen LogP contribution < -0.4 is 0 Å². The Bertz CT molecular complexity index is 610. The van der Waals surface area contributed by atoms with Crippen molar-refractivity contribution >= 4 is 10.8 Å². The van der Waals surface area contributed by atoms with Crippen LogP contribution in [-0.4, -0.2) is 0 Å². The van der Waals surface area contributed by atoms with E-state index in [1.165, 1.54) is 16.5 Å². The van der Waals surface area contributed by atoms with Gasteiger partial charge in [-0.1, -0.05) is 59.7 Å². The van der Waals surface area contributed by atoms with Crippen LogP contribution in [0, 0.1) is 5.82 Å². The molecular weight excluding hydrogens is 235 g/mol. The van der Waals surface area contributed by atoms with Gasteiger partial charge < -0.3 is 0 Å². The van der Waals surface area contributed by atoms with Crippen LogP contribution in [0.3, 0.4) is 0 Å². The molecule has 0 spiro atoms. The molecule has 0 bridgehead atoms. The second kappa shape index (κ2) is 4.33. The summed E-state index contributed by atoms with van der Waals surface area (Å²) in [6, 6.07) is 9.29. The molecule has 1 heteroatoms. The lowest BCUT2D eigenvalue weighted by molar-refractivity contribution is 0.534. The zero-order chi connectivity index (χ0) is 14.4. The van der Waals surface area contributed by atoms with Crippen molar-refractivity contribution < 1.29 is 4.39 Å². The highest BCUT2D eigenvalue weighted by Crippen LogP contribution is 2.38. The van der Waals surface area contributed by atoms with Gasteiger partial charge in [0.25, 0.3) is 0 Å². The van der Waals surface area contributed by atoms with E-state index < -0.39 is 0 Å². The quantitative estimate of drug-likeness (QED) is 0.579. The first-order valence-electron chi connectivity index (χ1n) is 6.84. The SMILES string of the molecule is CC(C)(C)c1ccc2cc(F)ccc2c1C(C)(C)C. The number of hydrogen-bond donors (Lipinski definition) is 0. The summed E-state index contributed by atoms with van der Waals surface area (Å²) in [5.74, 6) is -0.170. The third-order valence-corrected chi connectivity index (χ3v) is 3.54. The molecule has 19 heavy (non-hydrogen) atoms. The molecule has 0 radical (unpaired) electrons. The van der Waals surface area contributed by atoms with Crippen LogP contribution >= 0.6 is 0 Å². The molecule has 0 saturated carbocycles. The van der Waals surface area contributed by atoms with Gasteiger partial charge in [-0.2, -0.15) is 0 Å². The zero-order valence-corrected chi connectivity index (χ0v) is 12.8. The van der Waals surface area contributed by atoms with Crippen molar-refractivity contribution in [3.05, 3.63) is 47.3 Å². The molecular formula is C18H23F. The van der Waals surface area contributed by atoms with E-state index in [1.54, 1.807) is 12.1 Å². The summed E-state index contributed by atoms with van der Waals surface area (Å²) in [5, 5.41) is 2.15. The maximum atomic E-state index is 13.4. The summed E-state index contributed by atoms with van der Waals surface area (Å²) in [4.78, 5) is 0. The first-order chi connectivity index (χ1) is 8.60. The van der Waals surface area contributed by atoms with E-state index in [1.807, 2.05) is 12.1 Å². The van der Waals surface area contributed by atoms with E-state index in [9.17, 15) is 4.39 Å². The van der Waals surface area contributed by atoms with E-state index in [4.69, 9.17) is 0 Å². The molecule has 102 valence electrons. The van der Waals surface area contributed by atoms with Crippen molar-refractivity contribution in [2.24, 2.45) is 0 Å². The van der Waals surface area contributed by atoms with E-state index in [-0.39, 0.29) is 16.6 Å². The van der Waals surface area contributed by atoms with Crippen molar-refractivity contribution in [3.63, 3.8) is 0 Å². The fraction of sp³-hybridized carbons (Fsp3) is 0.444. The highest BCUT2D eigenvalue weighted by atomic mass is 19.1. The fourth-order valence-corrected chi connectivity index (χ4v) is 2.73. The average Bonchev–Trinajstić information content (AvgIpc) is 2.24. The maximum absolute atomic E-state index is 13.4. The van der Waals surface area contributed by atoms with E-state index in [0.29, 0.717) is 0 Å². The molecule has 0 atom stereocenters. The number of fused-ring (bicyclic) bond motifs is 1. The van der Waals surface area contributed by atoms with Gasteiger partial charge in [0, 0.05) is 0 Å². The minimum Gasteiger partial charge on any atom is -0.207 e. The van der Waals surface area contributed by atoms with Gasteiger partial charge >= 0.3 is 0 Å². The highest BCUT2D eigenvalue weighted by Gasteiger charge is 2.26. The predicted molar refractivity (Wildman–Crippen MR) is 81.3 cm³/mol. The summed E-state index contributed by atoms with van der Waals surface area (Å²) >= 11 is 0. The molecule has 0 aliphatic rings. The Morgan fingerprint density at radius 2 is 1.42 bits per heavy atom. The van der Waals surface area contributed by atoms with Crippen LogP contribution in [0.1, 0.15) is 52.7 Å². The summed E-state index contributed by atoms with van der Waals surface area (Å²) < 4.78 is 13.4. The van der Waals surface area contributed by atoms with E-state index in [2.05, 4.69) is 47.6 Å². The molecule has 0 N–H and O–H groups in total. The van der Waals surface area contributed by atoms with Crippen LogP contribution in [-0.2, 0) is 10.8 Å². The topological polar surface area (TPSA) is 0 Å². The molecule has 0 nitrogen and oxygen atoms in total. The minimum absolute atomic E-state index is 0.0416. The molecule has 2 aromatic rings. The van der Waals surface area contributed by atoms with Gasteiger partial charge in [-0.3, -0.25) is 0 Å². The van der Waals surface area contributed by atoms with Crippen molar-refractivity contribution in [1.29, 1.82) is 0 Å². The predicted octanol–water partition coefficient (Wildman–Crippen LogP) is 5.57. The second-order valence-corrected chi connectivity index (χ2v) is 7.35. The lowest BCUT2D eigenvalue weighted by Gasteiger charge is -2.31. The van der Waals surface area contributed by atoms with Gasteiger partial charge in [-0.25, -0.2) is 4.39 Å². The summed E-state index contributed by atoms with van der Waals surface area (Å²) in [6.45, 7) is 13.4. The largest absolute Gasteiger partial charge is 0.207 e. The molecule has 0 aliphatic heterocycles. The van der Waals surface area contributed by atoms with Crippen molar-refractivity contribution in [1.82, 2.24) is 0 Å². The van der Waals surface area contributed by atoms with Crippen molar-refractivity contribution in [2.45, 2.75) is 52.4 Å². The lowest BCUT2D eigenvalue weighted by Crippen LogP contribution is -2.22. The molecule has 0 unspecified atom stereocenters. The summed E-state index contributed by atoms with van der Waals surface area (Å²) in [7, 11) is 0. The first-order valence-corrected chi connectivity index (χ1v) is 6.84. The zero-order valence-electron chi connectivity index (χ0n) is 12.8. The smallest absolute Gasteiger partial charge is 0.123 e. The molecule has 0 heterocycles. The van der Waals surface area contributed by atoms with Gasteiger partial charge in [-0.05, 0) is 44.9 Å². The Morgan fingerprint density at radius 1 is 0.789 bits per heavy atom. The third-order valence-electron chi connectivity index (χ3n) is 3.54. The van der Waals surface area contributed by atoms with Crippen molar-refractivity contribution in [2.75, 3.05) is 0 Å². The Morgan fingerprint density at radius 3 is 1.95 bits per heavy atom. The minimum atomic E-state index is -0.170. The van der Waals surface area contributed by atoms with E-state index in [0.717, 1.165) is 5.39 Å². The van der Waals surface area contributed by atoms with Gasteiger partial charge in [-0.15, -0.1) is 0 Å². The average molecular weight is 258 g/mol. The maximum Gasteiger partial charge on any atom is 0.123 e. The third kappa shape index (κ3) is 2.65. The van der Waals surface area contributed by atoms with Gasteiger partial charge in [0.2, 0.25) is 0 Å². The standard InChI is InChI=1S/C18H23F/c1-17(2,3)15-10-7-12-11-13(19)8-9-14(12)16(15)18(4,5)6/h7-11H,1-6H3. The van der Waals surface area contributed by atoms with Crippen LogP contribution in [0.25, 0.3) is 10.8 Å². The van der Waals surface area contributed by atoms with Crippen LogP contribution in [0.15, 0.2) is 30.3 Å². The molecule has 2 aromatic carbocycles. The normalized spacial score (nSPS) is 13.0. The van der Waals surface area contributed by atoms with Crippen LogP contribution in [0.5, 0.6) is 0 Å². The molecule has 0 saturated heterocycles. The number of rotatable bonds is 0. The van der Waals surface area contributed by atoms with Crippen LogP contribution in [0.4, 0.5) is 4.39 Å². The molecule has 0 aliphatic carbocycles. The lowest BCUT2D eigenvalue weighted by atomic mass is 9.73. The number of benzene rings is 2. The van der Waals surface area contributed by atoms with Gasteiger partial charge in [0.1, 0.15) is 5.82 Å². The Kier molecular flexibility index (Phi) is 3.20. The monoisotopic (exact) mass is 258 g/mol. The number of halogens is 1. The Balaban J connectivity index is 2.90. The molecule has 0 fully saturated rings. The van der Waals surface area contributed by atoms with Gasteiger partial charge in [0.05, 0.1) is 0 Å². The summed E-state index contributed by atoms with van der Waals surface area (Å²) in [6.07, 6.45) is 0. The van der Waals surface area contributed by atoms with E-state index >= 15 is 0 Å². The van der Waals surface area contributed by atoms with Gasteiger partial charge in [0.15, 0.2) is 0 Å². The second-order valence-electron chi connectivity index (χ2n) is 7.35. The number of hydrogen-bond acceptors (Lipinski definition) is 0. The van der Waals surface area contributed by atoms with Crippen LogP contribution in [0.2, 0.25) is 0 Å². The first kappa shape index (κ1) is 14.0. The highest BCUT2D eigenvalue weighted by molar-refractivity contribution is 5.88.